The number of fused-ring (bicyclic) bond motifs is 1. The Balaban J connectivity index is 2.64. The van der Waals surface area contributed by atoms with Gasteiger partial charge in [-0.2, -0.15) is 0 Å². The van der Waals surface area contributed by atoms with E-state index in [0.717, 1.165) is 27.2 Å². The predicted molar refractivity (Wildman–Crippen MR) is 58.6 cm³/mol. The van der Waals surface area contributed by atoms with E-state index >= 15 is 0 Å². The fourth-order valence-electron chi connectivity index (χ4n) is 1.37. The van der Waals surface area contributed by atoms with Gasteiger partial charge in [0.2, 0.25) is 0 Å². The van der Waals surface area contributed by atoms with Crippen LogP contribution in [0.15, 0.2) is 12.1 Å². The van der Waals surface area contributed by atoms with Gasteiger partial charge in [0.15, 0.2) is 0 Å². The molecule has 0 aliphatic rings. The summed E-state index contributed by atoms with van der Waals surface area (Å²) in [6.45, 7) is 2.42. The minimum absolute atomic E-state index is 0.270. The monoisotopic (exact) mass is 208 g/mol. The van der Waals surface area contributed by atoms with Crippen LogP contribution in [-0.2, 0) is 13.0 Å². The van der Waals surface area contributed by atoms with Crippen LogP contribution in [0.3, 0.4) is 0 Å². The van der Waals surface area contributed by atoms with Crippen LogP contribution in [0.25, 0.3) is 10.2 Å². The molecule has 74 valence electrons. The van der Waals surface area contributed by atoms with Gasteiger partial charge in [-0.15, -0.1) is 11.3 Å². The van der Waals surface area contributed by atoms with E-state index in [1.807, 2.05) is 6.07 Å². The number of aryl methyl sites for hydroxylation is 1. The van der Waals surface area contributed by atoms with Crippen LogP contribution in [0.4, 0.5) is 0 Å². The Bertz CT molecular complexity index is 464. The van der Waals surface area contributed by atoms with Crippen molar-refractivity contribution >= 4 is 21.6 Å². The highest BCUT2D eigenvalue weighted by Crippen LogP contribution is 2.29. The SMILES string of the molecule is CCc1nc2cc(CN)c(O)cc2s1. The minimum Gasteiger partial charge on any atom is -0.508 e. The standard InChI is InChI=1S/C10H12N2OS/c1-2-10-12-7-3-6(5-11)8(13)4-9(7)14-10/h3-4,13H,2,5,11H2,1H3. The minimum atomic E-state index is 0.270. The number of aromatic hydroxyl groups is 1. The van der Waals surface area contributed by atoms with Gasteiger partial charge in [0.25, 0.3) is 0 Å². The second-order valence-electron chi connectivity index (χ2n) is 3.11. The summed E-state index contributed by atoms with van der Waals surface area (Å²) in [6.07, 6.45) is 0.929. The van der Waals surface area contributed by atoms with Crippen LogP contribution in [0, 0.1) is 0 Å². The quantitative estimate of drug-likeness (QED) is 0.793. The smallest absolute Gasteiger partial charge is 0.121 e. The molecule has 0 atom stereocenters. The Hall–Kier alpha value is -1.13. The molecule has 2 rings (SSSR count). The molecule has 0 fully saturated rings. The number of hydrogen-bond acceptors (Lipinski definition) is 4. The Morgan fingerprint density at radius 1 is 1.50 bits per heavy atom. The number of phenolic OH excluding ortho intramolecular Hbond substituents is 1. The lowest BCUT2D eigenvalue weighted by molar-refractivity contribution is 0.469. The van der Waals surface area contributed by atoms with Crippen LogP contribution in [-0.4, -0.2) is 10.1 Å². The van der Waals surface area contributed by atoms with Gasteiger partial charge < -0.3 is 10.8 Å². The average molecular weight is 208 g/mol. The summed E-state index contributed by atoms with van der Waals surface area (Å²) in [4.78, 5) is 4.43. The molecule has 2 aromatic rings. The molecule has 0 saturated carbocycles. The van der Waals surface area contributed by atoms with Gasteiger partial charge in [0, 0.05) is 12.1 Å². The van der Waals surface area contributed by atoms with Crippen LogP contribution >= 0.6 is 11.3 Å². The molecule has 4 heteroatoms. The number of nitrogens with zero attached hydrogens (tertiary/aromatic N) is 1. The van der Waals surface area contributed by atoms with Crippen molar-refractivity contribution < 1.29 is 5.11 Å². The first-order chi connectivity index (χ1) is 6.74. The molecular formula is C10H12N2OS. The summed E-state index contributed by atoms with van der Waals surface area (Å²) in [5.74, 6) is 0.270. The van der Waals surface area contributed by atoms with Gasteiger partial charge in [0.05, 0.1) is 15.2 Å². The first-order valence-electron chi connectivity index (χ1n) is 4.56. The van der Waals surface area contributed by atoms with Crippen molar-refractivity contribution in [3.05, 3.63) is 22.7 Å². The number of nitrogens with two attached hydrogens (primary N) is 1. The third-order valence-electron chi connectivity index (χ3n) is 2.16. The molecule has 0 aliphatic carbocycles. The number of benzene rings is 1. The largest absolute Gasteiger partial charge is 0.508 e. The second kappa shape index (κ2) is 3.55. The molecule has 1 aromatic heterocycles. The fraction of sp³-hybridized carbons (Fsp3) is 0.300. The van der Waals surface area contributed by atoms with E-state index in [-0.39, 0.29) is 5.75 Å². The molecule has 14 heavy (non-hydrogen) atoms. The molecule has 0 bridgehead atoms. The molecule has 1 aromatic carbocycles. The zero-order valence-corrected chi connectivity index (χ0v) is 8.77. The maximum absolute atomic E-state index is 9.59. The van der Waals surface area contributed by atoms with E-state index < -0.39 is 0 Å². The molecule has 0 unspecified atom stereocenters. The summed E-state index contributed by atoms with van der Waals surface area (Å²) in [5.41, 5.74) is 7.19. The van der Waals surface area contributed by atoms with E-state index in [1.54, 1.807) is 17.4 Å². The molecule has 0 amide bonds. The number of hydrogen-bond donors (Lipinski definition) is 2. The van der Waals surface area contributed by atoms with Gasteiger partial charge in [0.1, 0.15) is 5.75 Å². The van der Waals surface area contributed by atoms with Gasteiger partial charge in [-0.3, -0.25) is 0 Å². The first-order valence-corrected chi connectivity index (χ1v) is 5.37. The van der Waals surface area contributed by atoms with Crippen molar-refractivity contribution in [1.82, 2.24) is 4.98 Å². The predicted octanol–water partition coefficient (Wildman–Crippen LogP) is 2.02. The molecule has 0 aliphatic heterocycles. The lowest BCUT2D eigenvalue weighted by Crippen LogP contribution is -1.96. The molecule has 3 nitrogen and oxygen atoms in total. The number of aromatic nitrogens is 1. The summed E-state index contributed by atoms with van der Waals surface area (Å²) in [7, 11) is 0. The molecule has 0 radical (unpaired) electrons. The third-order valence-corrected chi connectivity index (χ3v) is 3.32. The normalized spacial score (nSPS) is 11.0. The maximum Gasteiger partial charge on any atom is 0.121 e. The van der Waals surface area contributed by atoms with Crippen molar-refractivity contribution in [3.8, 4) is 5.75 Å². The summed E-state index contributed by atoms with van der Waals surface area (Å²) in [6, 6.07) is 3.61. The average Bonchev–Trinajstić information content (AvgIpc) is 2.58. The molecule has 0 spiro atoms. The highest BCUT2D eigenvalue weighted by Gasteiger charge is 2.06. The first kappa shape index (κ1) is 9.43. The Kier molecular flexibility index (Phi) is 2.39. The molecule has 0 saturated heterocycles. The lowest BCUT2D eigenvalue weighted by Gasteiger charge is -1.99. The Morgan fingerprint density at radius 3 is 2.93 bits per heavy atom. The summed E-state index contributed by atoms with van der Waals surface area (Å²) < 4.78 is 1.02. The summed E-state index contributed by atoms with van der Waals surface area (Å²) >= 11 is 1.62. The van der Waals surface area contributed by atoms with Crippen molar-refractivity contribution in [3.63, 3.8) is 0 Å². The van der Waals surface area contributed by atoms with Crippen molar-refractivity contribution in [1.29, 1.82) is 0 Å². The van der Waals surface area contributed by atoms with Crippen LogP contribution < -0.4 is 5.73 Å². The fourth-order valence-corrected chi connectivity index (χ4v) is 2.29. The van der Waals surface area contributed by atoms with Crippen LogP contribution in [0.5, 0.6) is 5.75 Å². The zero-order valence-electron chi connectivity index (χ0n) is 7.95. The van der Waals surface area contributed by atoms with Crippen LogP contribution in [0.1, 0.15) is 17.5 Å². The number of phenols is 1. The number of thiazole rings is 1. The van der Waals surface area contributed by atoms with Crippen LogP contribution in [0.2, 0.25) is 0 Å². The highest BCUT2D eigenvalue weighted by molar-refractivity contribution is 7.18. The van der Waals surface area contributed by atoms with Gasteiger partial charge >= 0.3 is 0 Å². The molecule has 1 heterocycles. The van der Waals surface area contributed by atoms with Crippen molar-refractivity contribution in [2.75, 3.05) is 0 Å². The van der Waals surface area contributed by atoms with E-state index in [2.05, 4.69) is 11.9 Å². The van der Waals surface area contributed by atoms with E-state index in [9.17, 15) is 5.11 Å². The van der Waals surface area contributed by atoms with Gasteiger partial charge in [-0.25, -0.2) is 4.98 Å². The third kappa shape index (κ3) is 1.47. The van der Waals surface area contributed by atoms with E-state index in [4.69, 9.17) is 5.73 Å². The van der Waals surface area contributed by atoms with Gasteiger partial charge in [-0.05, 0) is 18.6 Å². The zero-order chi connectivity index (χ0) is 10.1. The van der Waals surface area contributed by atoms with Crippen molar-refractivity contribution in [2.45, 2.75) is 19.9 Å². The van der Waals surface area contributed by atoms with Gasteiger partial charge in [-0.1, -0.05) is 6.92 Å². The highest BCUT2D eigenvalue weighted by atomic mass is 32.1. The molecular weight excluding hydrogens is 196 g/mol. The topological polar surface area (TPSA) is 59.1 Å². The number of rotatable bonds is 2. The second-order valence-corrected chi connectivity index (χ2v) is 4.23. The lowest BCUT2D eigenvalue weighted by atomic mass is 10.2. The van der Waals surface area contributed by atoms with E-state index in [1.165, 1.54) is 0 Å². The molecule has 3 N–H and O–H groups in total. The Labute approximate surface area is 86.2 Å². The van der Waals surface area contributed by atoms with E-state index in [0.29, 0.717) is 6.54 Å². The summed E-state index contributed by atoms with van der Waals surface area (Å²) in [5, 5.41) is 10.7. The Morgan fingerprint density at radius 2 is 2.29 bits per heavy atom. The maximum atomic E-state index is 9.59. The van der Waals surface area contributed by atoms with Crippen molar-refractivity contribution in [2.24, 2.45) is 5.73 Å².